The van der Waals surface area contributed by atoms with Crippen molar-refractivity contribution in [1.82, 2.24) is 15.1 Å². The van der Waals surface area contributed by atoms with Crippen molar-refractivity contribution in [3.05, 3.63) is 71.9 Å². The zero-order valence-electron chi connectivity index (χ0n) is 19.9. The Kier molecular flexibility index (Phi) is 8.77. The molecule has 0 bridgehead atoms. The molecule has 0 saturated carbocycles. The minimum atomic E-state index is -0.399. The van der Waals surface area contributed by atoms with Crippen molar-refractivity contribution in [3.8, 4) is 23.0 Å². The van der Waals surface area contributed by atoms with E-state index in [2.05, 4.69) is 30.4 Å². The third-order valence-corrected chi connectivity index (χ3v) is 6.94. The molecular formula is C28H30N4O2S. The number of carbonyl (C=O) groups is 1. The third-order valence-electron chi connectivity index (χ3n) is 5.84. The van der Waals surface area contributed by atoms with Crippen molar-refractivity contribution >= 4 is 23.7 Å². The molecular weight excluding hydrogens is 456 g/mol. The molecule has 4 rings (SSSR count). The van der Waals surface area contributed by atoms with E-state index in [-0.39, 0.29) is 11.7 Å². The zero-order valence-corrected chi connectivity index (χ0v) is 20.8. The molecule has 35 heavy (non-hydrogen) atoms. The number of nitrogens with zero attached hydrogens (tertiary/aromatic N) is 3. The van der Waals surface area contributed by atoms with Gasteiger partial charge in [0.1, 0.15) is 11.6 Å². The highest BCUT2D eigenvalue weighted by molar-refractivity contribution is 7.99. The second kappa shape index (κ2) is 12.4. The zero-order chi connectivity index (χ0) is 24.5. The molecule has 2 heterocycles. The third kappa shape index (κ3) is 6.62. The highest BCUT2D eigenvalue weighted by Gasteiger charge is 2.19. The average molecular weight is 487 g/mol. The predicted octanol–water partition coefficient (Wildman–Crippen LogP) is 5.63. The van der Waals surface area contributed by atoms with Gasteiger partial charge in [0.25, 0.3) is 5.91 Å². The Labute approximate surface area is 211 Å². The van der Waals surface area contributed by atoms with Gasteiger partial charge in [-0.05, 0) is 55.4 Å². The monoisotopic (exact) mass is 486 g/mol. The number of thioether (sulfide) groups is 1. The number of unbranched alkanes of at least 4 members (excludes halogenated alkanes) is 1. The standard InChI is InChI=1S/C28H30N4O2S/c1-2-3-16-35-26-13-11-21(12-14-26)27-23(20-32(31-27)24-8-5-4-6-9-24)17-22(18-29)28(33)30-19-25-10-7-15-34-25/h4-6,8-9,11-14,17,20,25H,2-3,7,10,15-16,19H2,1H3,(H,30,33)/b22-17+/t25-/m0/s1. The van der Waals surface area contributed by atoms with Crippen LogP contribution in [0.3, 0.4) is 0 Å². The van der Waals surface area contributed by atoms with Gasteiger partial charge in [-0.15, -0.1) is 11.8 Å². The second-order valence-corrected chi connectivity index (χ2v) is 9.62. The Morgan fingerprint density at radius 2 is 2.06 bits per heavy atom. The number of para-hydroxylation sites is 1. The van der Waals surface area contributed by atoms with Gasteiger partial charge in [-0.3, -0.25) is 4.79 Å². The van der Waals surface area contributed by atoms with E-state index in [0.29, 0.717) is 12.1 Å². The molecule has 7 heteroatoms. The summed E-state index contributed by atoms with van der Waals surface area (Å²) in [7, 11) is 0. The van der Waals surface area contributed by atoms with Crippen molar-refractivity contribution in [2.45, 2.75) is 43.6 Å². The van der Waals surface area contributed by atoms with E-state index in [9.17, 15) is 10.1 Å². The molecule has 1 N–H and O–H groups in total. The number of ether oxygens (including phenoxy) is 1. The molecule has 0 aliphatic carbocycles. The first kappa shape index (κ1) is 24.8. The van der Waals surface area contributed by atoms with Crippen LogP contribution in [-0.2, 0) is 9.53 Å². The molecule has 1 amide bonds. The maximum atomic E-state index is 12.7. The van der Waals surface area contributed by atoms with Gasteiger partial charge in [0.05, 0.1) is 17.5 Å². The van der Waals surface area contributed by atoms with Gasteiger partial charge in [-0.1, -0.05) is 43.7 Å². The lowest BCUT2D eigenvalue weighted by Crippen LogP contribution is -2.32. The number of rotatable bonds is 10. The highest BCUT2D eigenvalue weighted by Crippen LogP contribution is 2.28. The Bertz CT molecular complexity index is 1190. The average Bonchev–Trinajstić information content (AvgIpc) is 3.57. The molecule has 180 valence electrons. The summed E-state index contributed by atoms with van der Waals surface area (Å²) < 4.78 is 7.35. The van der Waals surface area contributed by atoms with Crippen LogP contribution in [0.1, 0.15) is 38.2 Å². The number of hydrogen-bond donors (Lipinski definition) is 1. The Morgan fingerprint density at radius 3 is 2.74 bits per heavy atom. The first-order valence-electron chi connectivity index (χ1n) is 12.1. The van der Waals surface area contributed by atoms with Crippen LogP contribution in [0, 0.1) is 11.3 Å². The summed E-state index contributed by atoms with van der Waals surface area (Å²) >= 11 is 1.85. The van der Waals surface area contributed by atoms with Crippen LogP contribution in [0.5, 0.6) is 0 Å². The van der Waals surface area contributed by atoms with Gasteiger partial charge in [0.2, 0.25) is 0 Å². The molecule has 3 aromatic rings. The van der Waals surface area contributed by atoms with Crippen molar-refractivity contribution in [2.24, 2.45) is 0 Å². The van der Waals surface area contributed by atoms with Crippen LogP contribution >= 0.6 is 11.8 Å². The quantitative estimate of drug-likeness (QED) is 0.174. The first-order chi connectivity index (χ1) is 17.2. The lowest BCUT2D eigenvalue weighted by molar-refractivity contribution is -0.117. The van der Waals surface area contributed by atoms with Gasteiger partial charge >= 0.3 is 0 Å². The summed E-state index contributed by atoms with van der Waals surface area (Å²) in [4.78, 5) is 14.0. The van der Waals surface area contributed by atoms with Crippen molar-refractivity contribution in [3.63, 3.8) is 0 Å². The molecule has 6 nitrogen and oxygen atoms in total. The SMILES string of the molecule is CCCCSc1ccc(-c2nn(-c3ccccc3)cc2/C=C(\C#N)C(=O)NC[C@@H]2CCCO2)cc1. The van der Waals surface area contributed by atoms with Gasteiger partial charge in [0.15, 0.2) is 0 Å². The minimum Gasteiger partial charge on any atom is -0.376 e. The van der Waals surface area contributed by atoms with Gasteiger partial charge < -0.3 is 10.1 Å². The molecule has 1 atom stereocenters. The molecule has 2 aromatic carbocycles. The molecule has 0 unspecified atom stereocenters. The van der Waals surface area contributed by atoms with E-state index < -0.39 is 5.91 Å². The van der Waals surface area contributed by atoms with E-state index in [4.69, 9.17) is 9.84 Å². The fourth-order valence-electron chi connectivity index (χ4n) is 3.88. The molecule has 1 aromatic heterocycles. The van der Waals surface area contributed by atoms with Crippen molar-refractivity contribution in [1.29, 1.82) is 5.26 Å². The number of benzene rings is 2. The van der Waals surface area contributed by atoms with Crippen LogP contribution < -0.4 is 5.32 Å². The highest BCUT2D eigenvalue weighted by atomic mass is 32.2. The maximum absolute atomic E-state index is 12.7. The Hall–Kier alpha value is -3.34. The molecule has 0 radical (unpaired) electrons. The van der Waals surface area contributed by atoms with Gasteiger partial charge in [-0.25, -0.2) is 4.68 Å². The first-order valence-corrected chi connectivity index (χ1v) is 13.1. The van der Waals surface area contributed by atoms with Crippen molar-refractivity contribution in [2.75, 3.05) is 18.9 Å². The number of carbonyl (C=O) groups excluding carboxylic acids is 1. The minimum absolute atomic E-state index is 0.0176. The number of nitrogens with one attached hydrogen (secondary N) is 1. The number of amides is 1. The molecule has 1 fully saturated rings. The van der Waals surface area contributed by atoms with E-state index in [1.54, 1.807) is 10.8 Å². The van der Waals surface area contributed by atoms with E-state index >= 15 is 0 Å². The predicted molar refractivity (Wildman–Crippen MR) is 140 cm³/mol. The Morgan fingerprint density at radius 1 is 1.26 bits per heavy atom. The molecule has 1 saturated heterocycles. The van der Waals surface area contributed by atoms with Crippen LogP contribution in [0.2, 0.25) is 0 Å². The lowest BCUT2D eigenvalue weighted by Gasteiger charge is -2.10. The smallest absolute Gasteiger partial charge is 0.262 e. The molecule has 1 aliphatic rings. The summed E-state index contributed by atoms with van der Waals surface area (Å²) in [6.07, 6.45) is 7.79. The molecule has 0 spiro atoms. The van der Waals surface area contributed by atoms with E-state index in [1.165, 1.54) is 17.7 Å². The summed E-state index contributed by atoms with van der Waals surface area (Å²) in [5.74, 6) is 0.697. The van der Waals surface area contributed by atoms with Crippen molar-refractivity contribution < 1.29 is 9.53 Å². The van der Waals surface area contributed by atoms with E-state index in [1.807, 2.05) is 60.4 Å². The van der Waals surface area contributed by atoms with Crippen LogP contribution in [0.4, 0.5) is 0 Å². The van der Waals surface area contributed by atoms with E-state index in [0.717, 1.165) is 42.1 Å². The normalized spacial score (nSPS) is 15.7. The van der Waals surface area contributed by atoms with Gasteiger partial charge in [-0.2, -0.15) is 10.4 Å². The second-order valence-electron chi connectivity index (χ2n) is 8.45. The number of nitriles is 1. The lowest BCUT2D eigenvalue weighted by atomic mass is 10.1. The fourth-order valence-corrected chi connectivity index (χ4v) is 4.88. The largest absolute Gasteiger partial charge is 0.376 e. The number of hydrogen-bond acceptors (Lipinski definition) is 5. The van der Waals surface area contributed by atoms with Crippen LogP contribution in [0.25, 0.3) is 23.0 Å². The van der Waals surface area contributed by atoms with Crippen LogP contribution in [-0.4, -0.2) is 40.7 Å². The Balaban J connectivity index is 1.62. The summed E-state index contributed by atoms with van der Waals surface area (Å²) in [5.41, 5.74) is 3.32. The fraction of sp³-hybridized carbons (Fsp3) is 0.321. The number of aromatic nitrogens is 2. The summed E-state index contributed by atoms with van der Waals surface area (Å²) in [6.45, 7) is 3.32. The summed E-state index contributed by atoms with van der Waals surface area (Å²) in [5, 5.41) is 17.4. The molecule has 1 aliphatic heterocycles. The van der Waals surface area contributed by atoms with Gasteiger partial charge in [0, 0.05) is 35.4 Å². The van der Waals surface area contributed by atoms with Crippen LogP contribution in [0.15, 0.2) is 71.3 Å². The maximum Gasteiger partial charge on any atom is 0.262 e. The summed E-state index contributed by atoms with van der Waals surface area (Å²) in [6, 6.07) is 20.2. The topological polar surface area (TPSA) is 79.9 Å².